The minimum Gasteiger partial charge on any atom is -0.508 e. The molecule has 24 atom stereocenters. The van der Waals surface area contributed by atoms with Crippen LogP contribution in [0.2, 0.25) is 0 Å². The van der Waals surface area contributed by atoms with Gasteiger partial charge < -0.3 is 137 Å². The largest absolute Gasteiger partial charge is 0.508 e. The van der Waals surface area contributed by atoms with Crippen LogP contribution in [0.25, 0.3) is 12.2 Å². The second kappa shape index (κ2) is 33.1. The molecule has 0 radical (unpaired) electrons. The summed E-state index contributed by atoms with van der Waals surface area (Å²) in [6.45, 7) is -3.65. The number of esters is 6. The van der Waals surface area contributed by atoms with Crippen LogP contribution >= 0.6 is 0 Å². The second-order valence-electron chi connectivity index (χ2n) is 22.3. The lowest BCUT2D eigenvalue weighted by molar-refractivity contribution is -0.423. The summed E-state index contributed by atoms with van der Waals surface area (Å²) in [6.07, 6.45) is -45.8. The highest BCUT2D eigenvalue weighted by atomic mass is 16.8. The van der Waals surface area contributed by atoms with Gasteiger partial charge in [-0.3, -0.25) is 14.4 Å². The summed E-state index contributed by atoms with van der Waals surface area (Å²) in [7, 11) is 0. The van der Waals surface area contributed by atoms with E-state index in [1.165, 1.54) is 84.9 Å². The molecule has 5 aliphatic heterocycles. The van der Waals surface area contributed by atoms with E-state index in [0.717, 1.165) is 32.9 Å². The number of aromatic hydroxyl groups is 2. The number of phenols is 2. The van der Waals surface area contributed by atoms with Crippen molar-refractivity contribution in [1.82, 2.24) is 0 Å². The van der Waals surface area contributed by atoms with Gasteiger partial charge in [-0.2, -0.15) is 0 Å². The van der Waals surface area contributed by atoms with Crippen molar-refractivity contribution in [1.29, 1.82) is 0 Å². The zero-order chi connectivity index (χ0) is 69.0. The summed E-state index contributed by atoms with van der Waals surface area (Å²) < 4.78 is 90.1. The van der Waals surface area contributed by atoms with Crippen LogP contribution in [0.3, 0.4) is 0 Å². The number of carbonyl (C=O) groups excluding carboxylic acids is 6. The third-order valence-electron chi connectivity index (χ3n) is 15.5. The Morgan fingerprint density at radius 1 is 0.442 bits per heavy atom. The average molecular weight is 1350 g/mol. The van der Waals surface area contributed by atoms with Gasteiger partial charge in [0, 0.05) is 32.9 Å². The highest BCUT2D eigenvalue weighted by Gasteiger charge is 2.65. The van der Waals surface area contributed by atoms with E-state index >= 15 is 0 Å². The van der Waals surface area contributed by atoms with Gasteiger partial charge in [-0.15, -0.1) is 0 Å². The lowest BCUT2D eigenvalue weighted by Gasteiger charge is -2.51. The first-order valence-electron chi connectivity index (χ1n) is 29.5. The number of aliphatic hydroxyl groups excluding tert-OH is 11. The van der Waals surface area contributed by atoms with Gasteiger partial charge in [0.25, 0.3) is 0 Å². The molecule has 0 aromatic heterocycles. The van der Waals surface area contributed by atoms with E-state index in [0.29, 0.717) is 5.56 Å². The number of hydrogen-bond acceptors (Lipinski definition) is 34. The van der Waals surface area contributed by atoms with Crippen molar-refractivity contribution in [2.75, 3.05) is 39.6 Å². The SMILES string of the molecule is CC(=O)OC[C@H]1O[C@H](O[C@]2(COC(=O)/C=C/c3ccc(O)cc3)O[C@H](CO)[C@@H](O)[C@H]2OC(=O)c2ccccc2)[C@H](O[C@@H]2O[C@H](CO)[C@@H](O)[C@H](O)[C@H]2O)[C@@H](O[C@H]2O[C@H](COC(C)=O)[C@@H](OC(C)=O)[C@H](O[C@H]3O[C@H](CO)[C@@H](O)[C@H](O)[C@H]3O)[C@H]2O)[C@@H]1OC(=O)/C=C/c1ccc(O)cc1. The maximum Gasteiger partial charge on any atom is 0.338 e. The summed E-state index contributed by atoms with van der Waals surface area (Å²) in [4.78, 5) is 80.7. The van der Waals surface area contributed by atoms with E-state index in [2.05, 4.69) is 0 Å². The standard InChI is InChI=1S/C61H74O34/c1-27(65)81-24-38-50(84-29(3)67)52(90-57-47(77)45(75)42(72)35(21-62)85-57)49(79)59(87-38)91-53-51(89-41(71)20-14-31-11-17-34(69)18-12-31)39(25-82-28(2)66)88-60(54(53)92-58-48(78)46(76)43(73)36(22-63)86-58)95-61(26-83-40(70)19-13-30-9-15-33(68)16-10-30)55(44(74)37(23-64)94-61)93-56(80)32-7-5-4-6-8-32/h4-20,35-39,42-55,57-60,62-64,68-69,72-79H,21-26H2,1-3H3/b19-13+,20-14+/t35-,36-,37-,38-,39-,42-,43-,44-,45+,46+,47-,48-,49-,50-,51-,52-,53+,54-,55-,57-,58+,59-,60-,61+/m1/s1. The smallest absolute Gasteiger partial charge is 0.338 e. The van der Waals surface area contributed by atoms with Crippen LogP contribution in [0.5, 0.6) is 11.5 Å². The van der Waals surface area contributed by atoms with Gasteiger partial charge in [0.1, 0.15) is 129 Å². The molecule has 34 heteroatoms. The predicted octanol–water partition coefficient (Wildman–Crippen LogP) is -4.41. The predicted molar refractivity (Wildman–Crippen MR) is 307 cm³/mol. The van der Waals surface area contributed by atoms with Crippen LogP contribution < -0.4 is 0 Å². The number of hydrogen-bond donors (Lipinski definition) is 13. The van der Waals surface area contributed by atoms with Crippen molar-refractivity contribution >= 4 is 48.0 Å². The van der Waals surface area contributed by atoms with Crippen molar-refractivity contribution in [2.45, 2.75) is 168 Å². The quantitative estimate of drug-likeness (QED) is 0.0216. The summed E-state index contributed by atoms with van der Waals surface area (Å²) in [5.74, 6) is -10.2. The van der Waals surface area contributed by atoms with E-state index < -0.39 is 222 Å². The Morgan fingerprint density at radius 2 is 0.895 bits per heavy atom. The van der Waals surface area contributed by atoms with Crippen molar-refractivity contribution in [3.8, 4) is 11.5 Å². The first-order chi connectivity index (χ1) is 45.2. The van der Waals surface area contributed by atoms with Gasteiger partial charge in [0.15, 0.2) is 43.5 Å². The summed E-state index contributed by atoms with van der Waals surface area (Å²) in [5, 5.41) is 142. The van der Waals surface area contributed by atoms with Crippen LogP contribution in [0.1, 0.15) is 42.3 Å². The maximum atomic E-state index is 14.4. The highest BCUT2D eigenvalue weighted by Crippen LogP contribution is 2.43. The molecule has 8 rings (SSSR count). The number of aliphatic hydroxyl groups is 11. The van der Waals surface area contributed by atoms with Crippen LogP contribution in [0.4, 0.5) is 0 Å². The normalized spacial score (nSPS) is 35.7. The van der Waals surface area contributed by atoms with Gasteiger partial charge >= 0.3 is 35.8 Å². The number of rotatable bonds is 25. The van der Waals surface area contributed by atoms with Crippen LogP contribution in [-0.4, -0.2) is 289 Å². The van der Waals surface area contributed by atoms with E-state index in [9.17, 15) is 95.2 Å². The third-order valence-corrected chi connectivity index (χ3v) is 15.5. The number of phenolic OH excluding ortho intramolecular Hbond substituents is 2. The molecule has 522 valence electrons. The Balaban J connectivity index is 1.32. The summed E-state index contributed by atoms with van der Waals surface area (Å²) in [5.41, 5.74) is 0.483. The van der Waals surface area contributed by atoms with E-state index in [4.69, 9.17) is 71.1 Å². The first kappa shape index (κ1) is 73.6. The van der Waals surface area contributed by atoms with Crippen LogP contribution in [0.15, 0.2) is 91.0 Å². The fourth-order valence-corrected chi connectivity index (χ4v) is 10.6. The van der Waals surface area contributed by atoms with Crippen molar-refractivity contribution in [2.24, 2.45) is 0 Å². The molecule has 0 amide bonds. The minimum atomic E-state index is -3.02. The first-order valence-corrected chi connectivity index (χ1v) is 29.5. The van der Waals surface area contributed by atoms with Gasteiger partial charge in [0.2, 0.25) is 5.79 Å². The van der Waals surface area contributed by atoms with Crippen LogP contribution in [0, 0.1) is 0 Å². The van der Waals surface area contributed by atoms with Crippen molar-refractivity contribution < 1.29 is 166 Å². The zero-order valence-corrected chi connectivity index (χ0v) is 50.7. The molecule has 13 N–H and O–H groups in total. The third kappa shape index (κ3) is 18.3. The molecule has 5 heterocycles. The molecule has 0 unspecified atom stereocenters. The van der Waals surface area contributed by atoms with Gasteiger partial charge in [-0.1, -0.05) is 42.5 Å². The fourth-order valence-electron chi connectivity index (χ4n) is 10.6. The summed E-state index contributed by atoms with van der Waals surface area (Å²) in [6, 6.07) is 17.8. The number of ether oxygens (including phenoxy) is 15. The van der Waals surface area contributed by atoms with Crippen LogP contribution in [-0.2, 0) is 95.0 Å². The molecule has 5 fully saturated rings. The molecule has 0 bridgehead atoms. The zero-order valence-electron chi connectivity index (χ0n) is 50.7. The molecule has 0 aliphatic carbocycles. The fraction of sp³-hybridized carbons (Fsp3) is 0.541. The van der Waals surface area contributed by atoms with Crippen molar-refractivity contribution in [3.05, 3.63) is 108 Å². The number of carbonyl (C=O) groups is 6. The molecule has 0 saturated carbocycles. The molecule has 3 aromatic rings. The van der Waals surface area contributed by atoms with Gasteiger partial charge in [-0.25, -0.2) is 14.4 Å². The second-order valence-corrected chi connectivity index (χ2v) is 22.3. The minimum absolute atomic E-state index is 0.118. The molecular formula is C61H74O34. The Labute approximate surface area is 539 Å². The molecule has 5 aliphatic rings. The Morgan fingerprint density at radius 3 is 1.39 bits per heavy atom. The van der Waals surface area contributed by atoms with Gasteiger partial charge in [-0.05, 0) is 59.7 Å². The lowest BCUT2D eigenvalue weighted by atomic mass is 9.95. The summed E-state index contributed by atoms with van der Waals surface area (Å²) >= 11 is 0. The topological polar surface area (TPSA) is 504 Å². The lowest BCUT2D eigenvalue weighted by Crippen LogP contribution is -2.70. The highest BCUT2D eigenvalue weighted by molar-refractivity contribution is 5.90. The maximum absolute atomic E-state index is 14.4. The van der Waals surface area contributed by atoms with Gasteiger partial charge in [0.05, 0.1) is 25.4 Å². The van der Waals surface area contributed by atoms with E-state index in [-0.39, 0.29) is 22.6 Å². The molecule has 3 aromatic carbocycles. The van der Waals surface area contributed by atoms with E-state index in [1.807, 2.05) is 0 Å². The molecule has 95 heavy (non-hydrogen) atoms. The Bertz CT molecular complexity index is 3090. The molecular weight excluding hydrogens is 1280 g/mol. The molecule has 5 saturated heterocycles. The van der Waals surface area contributed by atoms with Crippen molar-refractivity contribution in [3.63, 3.8) is 0 Å². The molecule has 34 nitrogen and oxygen atoms in total. The Hall–Kier alpha value is -7.24. The average Bonchev–Trinajstić information content (AvgIpc) is 1.73. The Kier molecular flexibility index (Phi) is 25.7. The molecule has 0 spiro atoms. The monoisotopic (exact) mass is 1350 g/mol. The van der Waals surface area contributed by atoms with E-state index in [1.54, 1.807) is 6.07 Å². The number of benzene rings is 3.